The summed E-state index contributed by atoms with van der Waals surface area (Å²) in [5.74, 6) is 0. The summed E-state index contributed by atoms with van der Waals surface area (Å²) in [7, 11) is -3.57. The zero-order chi connectivity index (χ0) is 13.8. The van der Waals surface area contributed by atoms with Crippen LogP contribution < -0.4 is 10.5 Å². The number of nitrogens with two attached hydrogens (primary N) is 1. The molecule has 0 bridgehead atoms. The minimum atomic E-state index is -3.57. The minimum absolute atomic E-state index is 0.0132. The van der Waals surface area contributed by atoms with Gasteiger partial charge in [-0.1, -0.05) is 6.92 Å². The van der Waals surface area contributed by atoms with Crippen LogP contribution in [0.3, 0.4) is 0 Å². The maximum atomic E-state index is 12.0. The fraction of sp³-hybridized carbons (Fsp3) is 0.700. The number of hydrogen-bond acceptors (Lipinski definition) is 5. The van der Waals surface area contributed by atoms with E-state index in [1.165, 1.54) is 0 Å². The molecule has 0 saturated carbocycles. The van der Waals surface area contributed by atoms with Crippen LogP contribution in [-0.2, 0) is 16.6 Å². The lowest BCUT2D eigenvalue weighted by Gasteiger charge is -2.09. The van der Waals surface area contributed by atoms with Crippen molar-refractivity contribution < 1.29 is 8.42 Å². The molecule has 0 spiro atoms. The molecule has 1 aromatic heterocycles. The Morgan fingerprint density at radius 2 is 2.22 bits per heavy atom. The lowest BCUT2D eigenvalue weighted by molar-refractivity contribution is 0.573. The highest BCUT2D eigenvalue weighted by molar-refractivity contribution is 7.99. The van der Waals surface area contributed by atoms with Crippen molar-refractivity contribution in [3.63, 3.8) is 0 Å². The fourth-order valence-corrected chi connectivity index (χ4v) is 3.08. The number of aryl methyl sites for hydroxylation is 1. The molecule has 1 heterocycles. The van der Waals surface area contributed by atoms with Crippen LogP contribution in [0.25, 0.3) is 0 Å². The SMILES string of the molecule is CSC(C)CCNS(=O)(=O)c1n[nH]c(C)c1CN. The van der Waals surface area contributed by atoms with E-state index >= 15 is 0 Å². The third-order valence-electron chi connectivity index (χ3n) is 2.74. The molecule has 1 unspecified atom stereocenters. The van der Waals surface area contributed by atoms with Crippen LogP contribution >= 0.6 is 11.8 Å². The number of nitrogens with one attached hydrogen (secondary N) is 2. The van der Waals surface area contributed by atoms with Crippen LogP contribution in [0.1, 0.15) is 24.6 Å². The maximum Gasteiger partial charge on any atom is 0.260 e. The third-order valence-corrected chi connectivity index (χ3v) is 5.21. The molecular weight excluding hydrogens is 272 g/mol. The van der Waals surface area contributed by atoms with Gasteiger partial charge in [0.25, 0.3) is 10.0 Å². The topological polar surface area (TPSA) is 101 Å². The number of sulfonamides is 1. The first-order chi connectivity index (χ1) is 8.42. The zero-order valence-corrected chi connectivity index (χ0v) is 12.5. The third kappa shape index (κ3) is 3.71. The van der Waals surface area contributed by atoms with Crippen LogP contribution in [0.4, 0.5) is 0 Å². The Balaban J connectivity index is 2.74. The van der Waals surface area contributed by atoms with Crippen molar-refractivity contribution in [1.29, 1.82) is 0 Å². The van der Waals surface area contributed by atoms with Gasteiger partial charge in [-0.25, -0.2) is 13.1 Å². The predicted octanol–water partition coefficient (Wildman–Crippen LogP) is 0.597. The van der Waals surface area contributed by atoms with Crippen LogP contribution in [0.2, 0.25) is 0 Å². The average molecular weight is 292 g/mol. The van der Waals surface area contributed by atoms with Crippen molar-refractivity contribution in [2.24, 2.45) is 5.73 Å². The standard InChI is InChI=1S/C10H20N4O2S2/c1-7(17-3)4-5-12-18(15,16)10-9(6-11)8(2)13-14-10/h7,12H,4-6,11H2,1-3H3,(H,13,14). The van der Waals surface area contributed by atoms with E-state index in [0.29, 0.717) is 23.1 Å². The van der Waals surface area contributed by atoms with E-state index in [9.17, 15) is 8.42 Å². The molecule has 1 rings (SSSR count). The Kier molecular flexibility index (Phi) is 5.64. The van der Waals surface area contributed by atoms with Crippen molar-refractivity contribution in [3.8, 4) is 0 Å². The van der Waals surface area contributed by atoms with Gasteiger partial charge in [0.2, 0.25) is 0 Å². The Morgan fingerprint density at radius 3 is 2.78 bits per heavy atom. The van der Waals surface area contributed by atoms with Crippen molar-refractivity contribution in [1.82, 2.24) is 14.9 Å². The van der Waals surface area contributed by atoms with Gasteiger partial charge in [-0.2, -0.15) is 16.9 Å². The molecule has 0 saturated heterocycles. The van der Waals surface area contributed by atoms with Crippen molar-refractivity contribution in [2.45, 2.75) is 37.1 Å². The molecule has 0 radical (unpaired) electrons. The largest absolute Gasteiger partial charge is 0.326 e. The molecule has 6 nitrogen and oxygen atoms in total. The zero-order valence-electron chi connectivity index (χ0n) is 10.9. The molecular formula is C10H20N4O2S2. The van der Waals surface area contributed by atoms with Gasteiger partial charge >= 0.3 is 0 Å². The van der Waals surface area contributed by atoms with E-state index in [2.05, 4.69) is 21.8 Å². The molecule has 4 N–H and O–H groups in total. The van der Waals surface area contributed by atoms with Crippen LogP contribution in [0.15, 0.2) is 5.03 Å². The summed E-state index contributed by atoms with van der Waals surface area (Å²) in [5, 5.41) is 6.90. The highest BCUT2D eigenvalue weighted by Gasteiger charge is 2.22. The number of rotatable bonds is 7. The van der Waals surface area contributed by atoms with Gasteiger partial charge in [-0.3, -0.25) is 5.10 Å². The minimum Gasteiger partial charge on any atom is -0.326 e. The first-order valence-electron chi connectivity index (χ1n) is 5.68. The maximum absolute atomic E-state index is 12.0. The molecule has 1 aromatic rings. The van der Waals surface area contributed by atoms with Crippen LogP contribution in [0, 0.1) is 6.92 Å². The fourth-order valence-electron chi connectivity index (χ4n) is 1.48. The van der Waals surface area contributed by atoms with E-state index in [1.807, 2.05) is 6.26 Å². The van der Waals surface area contributed by atoms with E-state index in [0.717, 1.165) is 6.42 Å². The number of H-pyrrole nitrogens is 1. The van der Waals surface area contributed by atoms with Crippen LogP contribution in [0.5, 0.6) is 0 Å². The Bertz CT molecular complexity index is 484. The van der Waals surface area contributed by atoms with E-state index < -0.39 is 10.0 Å². The molecule has 0 aliphatic heterocycles. The summed E-state index contributed by atoms with van der Waals surface area (Å²) < 4.78 is 26.6. The second kappa shape index (κ2) is 6.55. The van der Waals surface area contributed by atoms with Gasteiger partial charge in [-0.05, 0) is 19.6 Å². The predicted molar refractivity (Wildman–Crippen MR) is 74.0 cm³/mol. The monoisotopic (exact) mass is 292 g/mol. The van der Waals surface area contributed by atoms with Gasteiger partial charge < -0.3 is 5.73 Å². The molecule has 0 aliphatic carbocycles. The highest BCUT2D eigenvalue weighted by Crippen LogP contribution is 2.15. The molecule has 18 heavy (non-hydrogen) atoms. The van der Waals surface area contributed by atoms with Gasteiger partial charge in [0.1, 0.15) is 0 Å². The summed E-state index contributed by atoms with van der Waals surface area (Å²) in [6, 6.07) is 0. The average Bonchev–Trinajstić information content (AvgIpc) is 2.70. The number of aromatic amines is 1. The number of hydrogen-bond donors (Lipinski definition) is 3. The second-order valence-corrected chi connectivity index (χ2v) is 7.03. The summed E-state index contributed by atoms with van der Waals surface area (Å²) >= 11 is 1.71. The van der Waals surface area contributed by atoms with E-state index in [1.54, 1.807) is 18.7 Å². The molecule has 0 aliphatic rings. The summed E-state index contributed by atoms with van der Waals surface area (Å²) in [6.45, 7) is 4.37. The molecule has 1 atom stereocenters. The van der Waals surface area contributed by atoms with Crippen LogP contribution in [-0.4, -0.2) is 36.7 Å². The summed E-state index contributed by atoms with van der Waals surface area (Å²) in [5.41, 5.74) is 6.77. The Morgan fingerprint density at radius 1 is 1.56 bits per heavy atom. The quantitative estimate of drug-likeness (QED) is 0.683. The normalized spacial score (nSPS) is 13.8. The van der Waals surface area contributed by atoms with E-state index in [-0.39, 0.29) is 11.6 Å². The van der Waals surface area contributed by atoms with Gasteiger partial charge in [0.15, 0.2) is 5.03 Å². The van der Waals surface area contributed by atoms with Gasteiger partial charge in [0.05, 0.1) is 0 Å². The van der Waals surface area contributed by atoms with Crippen molar-refractivity contribution >= 4 is 21.8 Å². The lowest BCUT2D eigenvalue weighted by atomic mass is 10.3. The molecule has 0 amide bonds. The van der Waals surface area contributed by atoms with Gasteiger partial charge in [-0.15, -0.1) is 0 Å². The smallest absolute Gasteiger partial charge is 0.260 e. The van der Waals surface area contributed by atoms with Crippen molar-refractivity contribution in [3.05, 3.63) is 11.3 Å². The van der Waals surface area contributed by atoms with Gasteiger partial charge in [0, 0.05) is 29.6 Å². The van der Waals surface area contributed by atoms with Crippen molar-refractivity contribution in [2.75, 3.05) is 12.8 Å². The summed E-state index contributed by atoms with van der Waals surface area (Å²) in [6.07, 6.45) is 2.78. The number of aromatic nitrogens is 2. The molecule has 8 heteroatoms. The molecule has 0 aromatic carbocycles. The first-order valence-corrected chi connectivity index (χ1v) is 8.45. The van der Waals surface area contributed by atoms with E-state index in [4.69, 9.17) is 5.73 Å². The Labute approximate surface area is 112 Å². The Hall–Kier alpha value is -0.570. The number of nitrogens with zero attached hydrogens (tertiary/aromatic N) is 1. The lowest BCUT2D eigenvalue weighted by Crippen LogP contribution is -2.27. The summed E-state index contributed by atoms with van der Waals surface area (Å²) in [4.78, 5) is 0. The molecule has 104 valence electrons. The number of thioether (sulfide) groups is 1. The highest BCUT2D eigenvalue weighted by atomic mass is 32.2. The molecule has 0 fully saturated rings. The second-order valence-electron chi connectivity index (χ2n) is 4.07. The first kappa shape index (κ1) is 15.5.